The van der Waals surface area contributed by atoms with Crippen LogP contribution in [0.25, 0.3) is 0 Å². The third-order valence-electron chi connectivity index (χ3n) is 4.43. The molecule has 0 radical (unpaired) electrons. The maximum absolute atomic E-state index is 12.7. The lowest BCUT2D eigenvalue weighted by molar-refractivity contribution is 0.0932. The number of hydrogen-bond acceptors (Lipinski definition) is 7. The van der Waals surface area contributed by atoms with E-state index in [9.17, 15) is 4.79 Å². The number of benzene rings is 1. The first-order valence-electron chi connectivity index (χ1n) is 8.26. The monoisotopic (exact) mass is 358 g/mol. The van der Waals surface area contributed by atoms with Gasteiger partial charge in [0.15, 0.2) is 11.5 Å². The molecule has 1 heterocycles. The Balaban J connectivity index is 1.77. The fourth-order valence-corrected chi connectivity index (χ4v) is 3.13. The molecule has 2 aromatic rings. The normalized spacial score (nSPS) is 15.7. The topological polar surface area (TPSA) is 109 Å². The summed E-state index contributed by atoms with van der Waals surface area (Å²) < 4.78 is 15.9. The number of carbonyl (C=O) groups is 1. The molecule has 0 fully saturated rings. The van der Waals surface area contributed by atoms with Gasteiger partial charge < -0.3 is 25.3 Å². The van der Waals surface area contributed by atoms with E-state index >= 15 is 0 Å². The molecule has 138 valence electrons. The Bertz CT molecular complexity index is 800. The van der Waals surface area contributed by atoms with Gasteiger partial charge in [0.1, 0.15) is 0 Å². The third kappa shape index (κ3) is 3.49. The van der Waals surface area contributed by atoms with E-state index in [1.54, 1.807) is 18.3 Å². The SMILES string of the molecule is COc1cc(C(=O)NC2CCc3nc(N)ncc3C2)cc(OC)c1OC. The molecule has 8 heteroatoms. The quantitative estimate of drug-likeness (QED) is 0.831. The van der Waals surface area contributed by atoms with Crippen molar-refractivity contribution >= 4 is 11.9 Å². The van der Waals surface area contributed by atoms with Crippen molar-refractivity contribution in [3.8, 4) is 17.2 Å². The lowest BCUT2D eigenvalue weighted by Gasteiger charge is -2.25. The molecular weight excluding hydrogens is 336 g/mol. The zero-order chi connectivity index (χ0) is 18.7. The predicted octanol–water partition coefficient (Wildman–Crippen LogP) is 1.37. The van der Waals surface area contributed by atoms with Crippen LogP contribution >= 0.6 is 0 Å². The van der Waals surface area contributed by atoms with E-state index in [1.807, 2.05) is 0 Å². The number of aryl methyl sites for hydroxylation is 1. The molecular formula is C18H22N4O4. The fourth-order valence-electron chi connectivity index (χ4n) is 3.13. The number of nitrogens with two attached hydrogens (primary N) is 1. The van der Waals surface area contributed by atoms with E-state index in [1.165, 1.54) is 21.3 Å². The molecule has 0 saturated heterocycles. The van der Waals surface area contributed by atoms with Gasteiger partial charge in [0, 0.05) is 23.5 Å². The minimum atomic E-state index is -0.200. The van der Waals surface area contributed by atoms with E-state index in [0.717, 1.165) is 24.1 Å². The first-order chi connectivity index (χ1) is 12.5. The first-order valence-corrected chi connectivity index (χ1v) is 8.26. The average molecular weight is 358 g/mol. The van der Waals surface area contributed by atoms with Crippen LogP contribution < -0.4 is 25.3 Å². The molecule has 0 bridgehead atoms. The summed E-state index contributed by atoms with van der Waals surface area (Å²) in [6, 6.07) is 3.27. The Morgan fingerprint density at radius 2 is 1.88 bits per heavy atom. The van der Waals surface area contributed by atoms with Gasteiger partial charge in [-0.15, -0.1) is 0 Å². The second kappa shape index (κ2) is 7.47. The Morgan fingerprint density at radius 3 is 2.50 bits per heavy atom. The molecule has 1 aromatic heterocycles. The molecule has 3 N–H and O–H groups in total. The minimum Gasteiger partial charge on any atom is -0.493 e. The van der Waals surface area contributed by atoms with Crippen LogP contribution in [0.3, 0.4) is 0 Å². The summed E-state index contributed by atoms with van der Waals surface area (Å²) in [5.41, 5.74) is 8.04. The molecule has 8 nitrogen and oxygen atoms in total. The van der Waals surface area contributed by atoms with E-state index in [2.05, 4.69) is 15.3 Å². The van der Waals surface area contributed by atoms with Gasteiger partial charge in [0.05, 0.1) is 21.3 Å². The van der Waals surface area contributed by atoms with Gasteiger partial charge in [-0.05, 0) is 37.0 Å². The zero-order valence-corrected chi connectivity index (χ0v) is 15.0. The molecule has 0 aliphatic heterocycles. The van der Waals surface area contributed by atoms with Gasteiger partial charge in [-0.2, -0.15) is 0 Å². The highest BCUT2D eigenvalue weighted by Gasteiger charge is 2.23. The molecule has 1 aromatic carbocycles. The van der Waals surface area contributed by atoms with Gasteiger partial charge >= 0.3 is 0 Å². The Hall–Kier alpha value is -3.03. The first kappa shape index (κ1) is 17.8. The second-order valence-corrected chi connectivity index (χ2v) is 6.03. The maximum atomic E-state index is 12.7. The van der Waals surface area contributed by atoms with Crippen molar-refractivity contribution in [2.75, 3.05) is 27.1 Å². The Labute approximate surface area is 151 Å². The average Bonchev–Trinajstić information content (AvgIpc) is 2.66. The number of amides is 1. The van der Waals surface area contributed by atoms with Crippen molar-refractivity contribution < 1.29 is 19.0 Å². The van der Waals surface area contributed by atoms with E-state index in [-0.39, 0.29) is 17.9 Å². The molecule has 3 rings (SSSR count). The van der Waals surface area contributed by atoms with Gasteiger partial charge in [-0.1, -0.05) is 0 Å². The zero-order valence-electron chi connectivity index (χ0n) is 15.0. The number of carbonyl (C=O) groups excluding carboxylic acids is 1. The van der Waals surface area contributed by atoms with E-state index in [0.29, 0.717) is 29.2 Å². The number of anilines is 1. The highest BCUT2D eigenvalue weighted by Crippen LogP contribution is 2.38. The molecule has 0 spiro atoms. The summed E-state index contributed by atoms with van der Waals surface area (Å²) in [7, 11) is 4.56. The van der Waals surface area contributed by atoms with Crippen LogP contribution in [0.2, 0.25) is 0 Å². The van der Waals surface area contributed by atoms with Crippen molar-refractivity contribution in [1.29, 1.82) is 0 Å². The number of rotatable bonds is 5. The highest BCUT2D eigenvalue weighted by molar-refractivity contribution is 5.95. The smallest absolute Gasteiger partial charge is 0.251 e. The van der Waals surface area contributed by atoms with E-state index < -0.39 is 0 Å². The molecule has 26 heavy (non-hydrogen) atoms. The summed E-state index contributed by atoms with van der Waals surface area (Å²) >= 11 is 0. The number of aromatic nitrogens is 2. The predicted molar refractivity (Wildman–Crippen MR) is 95.8 cm³/mol. The van der Waals surface area contributed by atoms with Crippen molar-refractivity contribution in [2.45, 2.75) is 25.3 Å². The van der Waals surface area contributed by atoms with Crippen molar-refractivity contribution in [3.63, 3.8) is 0 Å². The van der Waals surface area contributed by atoms with Crippen LogP contribution in [0.5, 0.6) is 17.2 Å². The van der Waals surface area contributed by atoms with Crippen LogP contribution in [0.1, 0.15) is 28.0 Å². The van der Waals surface area contributed by atoms with Crippen LogP contribution in [0.15, 0.2) is 18.3 Å². The molecule has 0 saturated carbocycles. The standard InChI is InChI=1S/C18H22N4O4/c1-24-14-7-10(8-15(25-2)16(14)26-3)17(23)21-12-4-5-13-11(6-12)9-20-18(19)22-13/h7-9,12H,4-6H2,1-3H3,(H,21,23)(H2,19,20,22). The number of nitrogens with zero attached hydrogens (tertiary/aromatic N) is 2. The van der Waals surface area contributed by atoms with Crippen LogP contribution in [-0.4, -0.2) is 43.2 Å². The lowest BCUT2D eigenvalue weighted by atomic mass is 9.92. The van der Waals surface area contributed by atoms with Gasteiger partial charge in [-0.3, -0.25) is 4.79 Å². The summed E-state index contributed by atoms with van der Waals surface area (Å²) in [6.07, 6.45) is 3.95. The fraction of sp³-hybridized carbons (Fsp3) is 0.389. The number of fused-ring (bicyclic) bond motifs is 1. The van der Waals surface area contributed by atoms with E-state index in [4.69, 9.17) is 19.9 Å². The molecule has 1 unspecified atom stereocenters. The second-order valence-electron chi connectivity index (χ2n) is 6.03. The van der Waals surface area contributed by atoms with Gasteiger partial charge in [0.2, 0.25) is 11.7 Å². The number of nitrogens with one attached hydrogen (secondary N) is 1. The third-order valence-corrected chi connectivity index (χ3v) is 4.43. The Kier molecular flexibility index (Phi) is 5.11. The van der Waals surface area contributed by atoms with Crippen molar-refractivity contribution in [3.05, 3.63) is 35.2 Å². The molecule has 1 amide bonds. The molecule has 1 aliphatic rings. The largest absolute Gasteiger partial charge is 0.493 e. The van der Waals surface area contributed by atoms with Gasteiger partial charge in [-0.25, -0.2) is 9.97 Å². The summed E-state index contributed by atoms with van der Waals surface area (Å²) in [5.74, 6) is 1.41. The number of methoxy groups -OCH3 is 3. The van der Waals surface area contributed by atoms with Crippen molar-refractivity contribution in [1.82, 2.24) is 15.3 Å². The van der Waals surface area contributed by atoms with Crippen LogP contribution in [0.4, 0.5) is 5.95 Å². The summed E-state index contributed by atoms with van der Waals surface area (Å²) in [4.78, 5) is 21.0. The maximum Gasteiger partial charge on any atom is 0.251 e. The van der Waals surface area contributed by atoms with Crippen molar-refractivity contribution in [2.24, 2.45) is 0 Å². The highest BCUT2D eigenvalue weighted by atomic mass is 16.5. The van der Waals surface area contributed by atoms with Crippen LogP contribution in [-0.2, 0) is 12.8 Å². The number of ether oxygens (including phenoxy) is 3. The minimum absolute atomic E-state index is 0.00122. The van der Waals surface area contributed by atoms with Gasteiger partial charge in [0.25, 0.3) is 5.91 Å². The van der Waals surface area contributed by atoms with Crippen LogP contribution in [0, 0.1) is 0 Å². The number of hydrogen-bond donors (Lipinski definition) is 2. The summed E-state index contributed by atoms with van der Waals surface area (Å²) in [5, 5.41) is 3.05. The molecule has 1 aliphatic carbocycles. The Morgan fingerprint density at radius 1 is 1.19 bits per heavy atom. The summed E-state index contributed by atoms with van der Waals surface area (Å²) in [6.45, 7) is 0. The number of nitrogen functional groups attached to an aromatic ring is 1. The lowest BCUT2D eigenvalue weighted by Crippen LogP contribution is -2.39. The molecule has 1 atom stereocenters.